The number of hydrogen-bond donors (Lipinski definition) is 3. The Bertz CT molecular complexity index is 967. The van der Waals surface area contributed by atoms with E-state index in [0.717, 1.165) is 23.9 Å². The third kappa shape index (κ3) is 6.37. The molecule has 0 unspecified atom stereocenters. The predicted octanol–water partition coefficient (Wildman–Crippen LogP) is 3.56. The fourth-order valence-corrected chi connectivity index (χ4v) is 2.62. The molecule has 0 aliphatic carbocycles. The highest BCUT2D eigenvalue weighted by molar-refractivity contribution is 6.27. The summed E-state index contributed by atoms with van der Waals surface area (Å²) in [6, 6.07) is 16.6. The van der Waals surface area contributed by atoms with E-state index in [2.05, 4.69) is 58.2 Å². The van der Waals surface area contributed by atoms with E-state index in [-0.39, 0.29) is 0 Å². The Hall–Kier alpha value is -3.81. The maximum atomic E-state index is 9.10. The average molecular weight is 411 g/mol. The van der Waals surface area contributed by atoms with Crippen LogP contribution in [0, 0.1) is 6.92 Å². The summed E-state index contributed by atoms with van der Waals surface area (Å²) >= 11 is 0. The van der Waals surface area contributed by atoms with E-state index in [4.69, 9.17) is 24.5 Å². The molecule has 0 spiro atoms. The van der Waals surface area contributed by atoms with Crippen LogP contribution >= 0.6 is 0 Å². The molecule has 8 nitrogen and oxygen atoms in total. The molecule has 1 aromatic heterocycles. The van der Waals surface area contributed by atoms with Crippen molar-refractivity contribution in [3.05, 3.63) is 65.9 Å². The van der Waals surface area contributed by atoms with Gasteiger partial charge in [-0.25, -0.2) is 14.6 Å². The van der Waals surface area contributed by atoms with Crippen LogP contribution in [0.25, 0.3) is 11.3 Å². The lowest BCUT2D eigenvalue weighted by Crippen LogP contribution is -2.09. The first-order chi connectivity index (χ1) is 14.3. The summed E-state index contributed by atoms with van der Waals surface area (Å²) in [6.45, 7) is 5.50. The predicted molar refractivity (Wildman–Crippen MR) is 114 cm³/mol. The number of ether oxygens (including phenoxy) is 1. The number of carboxylic acid groups (broad SMARTS) is 2. The minimum absolute atomic E-state index is 0.687. The van der Waals surface area contributed by atoms with Crippen molar-refractivity contribution >= 4 is 17.9 Å². The number of anilines is 1. The van der Waals surface area contributed by atoms with E-state index in [1.54, 1.807) is 0 Å². The molecule has 1 heterocycles. The highest BCUT2D eigenvalue weighted by Crippen LogP contribution is 2.22. The summed E-state index contributed by atoms with van der Waals surface area (Å²) in [5.41, 5.74) is 4.72. The zero-order chi connectivity index (χ0) is 22.1. The summed E-state index contributed by atoms with van der Waals surface area (Å²) in [6.07, 6.45) is 1.91. The zero-order valence-corrected chi connectivity index (χ0v) is 17.1. The van der Waals surface area contributed by atoms with Crippen LogP contribution in [-0.2, 0) is 23.2 Å². The van der Waals surface area contributed by atoms with Gasteiger partial charge >= 0.3 is 11.9 Å². The second-order valence-corrected chi connectivity index (χ2v) is 6.43. The molecule has 30 heavy (non-hydrogen) atoms. The van der Waals surface area contributed by atoms with Gasteiger partial charge < -0.3 is 24.8 Å². The van der Waals surface area contributed by atoms with Crippen LogP contribution in [-0.4, -0.2) is 38.3 Å². The third-order valence-electron chi connectivity index (χ3n) is 4.20. The van der Waals surface area contributed by atoms with Crippen molar-refractivity contribution in [2.75, 3.05) is 11.9 Å². The van der Waals surface area contributed by atoms with E-state index in [0.29, 0.717) is 6.61 Å². The first kappa shape index (κ1) is 22.5. The molecule has 0 bridgehead atoms. The first-order valence-electron chi connectivity index (χ1n) is 9.32. The van der Waals surface area contributed by atoms with Gasteiger partial charge in [0.25, 0.3) is 0 Å². The van der Waals surface area contributed by atoms with Crippen molar-refractivity contribution in [2.24, 2.45) is 7.05 Å². The van der Waals surface area contributed by atoms with Crippen molar-refractivity contribution in [3.63, 3.8) is 0 Å². The Morgan fingerprint density at radius 1 is 1.03 bits per heavy atom. The third-order valence-corrected chi connectivity index (χ3v) is 4.20. The summed E-state index contributed by atoms with van der Waals surface area (Å²) in [4.78, 5) is 22.7. The molecule has 2 aromatic carbocycles. The number of aryl methyl sites for hydroxylation is 1. The molecule has 3 rings (SSSR count). The van der Waals surface area contributed by atoms with Gasteiger partial charge in [0.15, 0.2) is 0 Å². The van der Waals surface area contributed by atoms with Gasteiger partial charge in [0.1, 0.15) is 5.75 Å². The normalized spacial score (nSPS) is 9.97. The van der Waals surface area contributed by atoms with Crippen LogP contribution in [0.3, 0.4) is 0 Å². The van der Waals surface area contributed by atoms with Crippen LogP contribution in [0.2, 0.25) is 0 Å². The van der Waals surface area contributed by atoms with E-state index in [1.807, 2.05) is 32.3 Å². The first-order valence-corrected chi connectivity index (χ1v) is 9.32. The van der Waals surface area contributed by atoms with Gasteiger partial charge in [-0.2, -0.15) is 0 Å². The average Bonchev–Trinajstić information content (AvgIpc) is 3.09. The Morgan fingerprint density at radius 2 is 1.63 bits per heavy atom. The summed E-state index contributed by atoms with van der Waals surface area (Å²) in [5.74, 6) is -1.88. The molecule has 0 amide bonds. The summed E-state index contributed by atoms with van der Waals surface area (Å²) in [5, 5.41) is 18.2. The van der Waals surface area contributed by atoms with Gasteiger partial charge in [0.05, 0.1) is 18.5 Å². The maximum absolute atomic E-state index is 9.10. The van der Waals surface area contributed by atoms with Crippen LogP contribution in [0.4, 0.5) is 5.95 Å². The van der Waals surface area contributed by atoms with Gasteiger partial charge in [0.2, 0.25) is 5.95 Å². The van der Waals surface area contributed by atoms with Crippen LogP contribution in [0.1, 0.15) is 18.1 Å². The van der Waals surface area contributed by atoms with Gasteiger partial charge in [-0.3, -0.25) is 0 Å². The van der Waals surface area contributed by atoms with E-state index in [9.17, 15) is 0 Å². The Balaban J connectivity index is 0.000000469. The minimum atomic E-state index is -1.82. The minimum Gasteiger partial charge on any atom is -0.494 e. The number of aliphatic carboxylic acids is 2. The maximum Gasteiger partial charge on any atom is 0.414 e. The largest absolute Gasteiger partial charge is 0.494 e. The second-order valence-electron chi connectivity index (χ2n) is 6.43. The van der Waals surface area contributed by atoms with Gasteiger partial charge in [-0.1, -0.05) is 42.0 Å². The summed E-state index contributed by atoms with van der Waals surface area (Å²) < 4.78 is 7.55. The molecule has 0 saturated carbocycles. The Labute approximate surface area is 174 Å². The zero-order valence-electron chi connectivity index (χ0n) is 17.1. The molecule has 3 aromatic rings. The second kappa shape index (κ2) is 10.7. The number of imidazole rings is 1. The number of hydrogen-bond acceptors (Lipinski definition) is 5. The number of carbonyl (C=O) groups is 2. The topological polar surface area (TPSA) is 114 Å². The molecule has 0 aliphatic rings. The molecule has 158 valence electrons. The molecule has 0 aliphatic heterocycles. The molecule has 0 atom stereocenters. The number of nitrogens with zero attached hydrogens (tertiary/aromatic N) is 2. The lowest BCUT2D eigenvalue weighted by molar-refractivity contribution is -0.159. The fourth-order valence-electron chi connectivity index (χ4n) is 2.62. The quantitative estimate of drug-likeness (QED) is 0.531. The van der Waals surface area contributed by atoms with E-state index >= 15 is 0 Å². The van der Waals surface area contributed by atoms with Gasteiger partial charge in [-0.05, 0) is 37.1 Å². The highest BCUT2D eigenvalue weighted by Gasteiger charge is 2.08. The highest BCUT2D eigenvalue weighted by atomic mass is 16.5. The van der Waals surface area contributed by atoms with Crippen molar-refractivity contribution in [1.82, 2.24) is 9.55 Å². The molecule has 0 fully saturated rings. The Kier molecular flexibility index (Phi) is 7.99. The SMILES string of the molecule is CCOc1ccc(CNc2ncc(-c3ccc(C)cc3)n2C)cc1.O=C(O)C(=O)O. The fraction of sp³-hybridized carbons (Fsp3) is 0.227. The van der Waals surface area contributed by atoms with Crippen molar-refractivity contribution < 1.29 is 24.5 Å². The van der Waals surface area contributed by atoms with Crippen molar-refractivity contribution in [3.8, 4) is 17.0 Å². The lowest BCUT2D eigenvalue weighted by Gasteiger charge is -2.09. The Morgan fingerprint density at radius 3 is 2.17 bits per heavy atom. The van der Waals surface area contributed by atoms with Crippen LogP contribution < -0.4 is 10.1 Å². The van der Waals surface area contributed by atoms with Crippen LogP contribution in [0.15, 0.2) is 54.7 Å². The van der Waals surface area contributed by atoms with Gasteiger partial charge in [0, 0.05) is 13.6 Å². The van der Waals surface area contributed by atoms with Crippen LogP contribution in [0.5, 0.6) is 5.75 Å². The number of rotatable bonds is 6. The number of aromatic nitrogens is 2. The molecule has 3 N–H and O–H groups in total. The summed E-state index contributed by atoms with van der Waals surface area (Å²) in [7, 11) is 2.03. The lowest BCUT2D eigenvalue weighted by atomic mass is 10.1. The molecular formula is C22H25N3O5. The van der Waals surface area contributed by atoms with Crippen molar-refractivity contribution in [1.29, 1.82) is 0 Å². The van der Waals surface area contributed by atoms with Gasteiger partial charge in [-0.15, -0.1) is 0 Å². The number of carboxylic acids is 2. The standard InChI is InChI=1S/C20H23N3O.C2H2O4/c1-4-24-18-11-7-16(8-12-18)13-21-20-22-14-19(23(20)3)17-9-5-15(2)6-10-17;3-1(4)2(5)6/h5-12,14H,4,13H2,1-3H3,(H,21,22);(H,3,4)(H,5,6). The smallest absolute Gasteiger partial charge is 0.414 e. The molecule has 8 heteroatoms. The number of nitrogens with one attached hydrogen (secondary N) is 1. The molecule has 0 radical (unpaired) electrons. The van der Waals surface area contributed by atoms with E-state index in [1.165, 1.54) is 16.7 Å². The monoisotopic (exact) mass is 411 g/mol. The van der Waals surface area contributed by atoms with Crippen molar-refractivity contribution in [2.45, 2.75) is 20.4 Å². The number of benzene rings is 2. The molecular weight excluding hydrogens is 386 g/mol. The molecule has 0 saturated heterocycles. The van der Waals surface area contributed by atoms with E-state index < -0.39 is 11.9 Å².